The number of aryl methyl sites for hydroxylation is 1. The molecule has 2 aromatic rings. The lowest BCUT2D eigenvalue weighted by Gasteiger charge is -2.40. The Hall–Kier alpha value is -3.38. The van der Waals surface area contributed by atoms with Crippen molar-refractivity contribution in [2.45, 2.75) is 25.8 Å². The van der Waals surface area contributed by atoms with Crippen LogP contribution < -0.4 is 0 Å². The van der Waals surface area contributed by atoms with Crippen LogP contribution in [0.5, 0.6) is 0 Å². The Labute approximate surface area is 187 Å². The highest BCUT2D eigenvalue weighted by atomic mass is 16.3. The van der Waals surface area contributed by atoms with Crippen molar-refractivity contribution in [2.24, 2.45) is 0 Å². The van der Waals surface area contributed by atoms with Crippen molar-refractivity contribution in [1.29, 1.82) is 0 Å². The first-order valence-corrected chi connectivity index (χ1v) is 11.3. The summed E-state index contributed by atoms with van der Waals surface area (Å²) >= 11 is 0. The van der Waals surface area contributed by atoms with Gasteiger partial charge in [0.25, 0.3) is 5.91 Å². The van der Waals surface area contributed by atoms with Gasteiger partial charge in [0.05, 0.1) is 5.70 Å². The molecule has 32 heavy (non-hydrogen) atoms. The fraction of sp³-hybridized carbons (Fsp3) is 0.308. The van der Waals surface area contributed by atoms with Gasteiger partial charge in [-0.3, -0.25) is 14.6 Å². The van der Waals surface area contributed by atoms with Gasteiger partial charge in [0.15, 0.2) is 11.5 Å². The van der Waals surface area contributed by atoms with E-state index in [2.05, 4.69) is 20.9 Å². The molecule has 6 nitrogen and oxygen atoms in total. The number of hydrogen-bond acceptors (Lipinski definition) is 5. The molecule has 5 heterocycles. The number of benzene rings is 1. The van der Waals surface area contributed by atoms with E-state index in [1.807, 2.05) is 55.6 Å². The van der Waals surface area contributed by atoms with Gasteiger partial charge in [-0.1, -0.05) is 18.2 Å². The number of allylic oxidation sites excluding steroid dienone is 6. The van der Waals surface area contributed by atoms with Crippen LogP contribution in [0.3, 0.4) is 0 Å². The summed E-state index contributed by atoms with van der Waals surface area (Å²) in [4.78, 5) is 24.4. The monoisotopic (exact) mass is 426 g/mol. The molecule has 2 saturated heterocycles. The van der Waals surface area contributed by atoms with Crippen LogP contribution in [0, 0.1) is 6.92 Å². The van der Waals surface area contributed by atoms with Crippen molar-refractivity contribution in [3.63, 3.8) is 0 Å². The standard InChI is InChI=1S/C26H26N4O2/c1-18-27-24-10-7-20(14-25(24)32-18)19-4-2-5-21-8-9-23(17-30(21)26(31)15-19)29-13-12-28-11-3-6-22(28)16-29/h2,4-5,7-10,14-15,17,22H,3,6,11-13,16H2,1H3/b4-2+,19-15+,21-5+/t22-/m0/s1. The Morgan fingerprint density at radius 3 is 2.94 bits per heavy atom. The molecule has 6 rings (SSSR count). The molecule has 6 heteroatoms. The van der Waals surface area contributed by atoms with Crippen molar-refractivity contribution in [2.75, 3.05) is 26.2 Å². The van der Waals surface area contributed by atoms with Gasteiger partial charge >= 0.3 is 0 Å². The minimum atomic E-state index is -0.0502. The maximum atomic E-state index is 13.3. The number of amides is 1. The first kappa shape index (κ1) is 19.3. The molecule has 2 fully saturated rings. The summed E-state index contributed by atoms with van der Waals surface area (Å²) < 4.78 is 5.68. The molecule has 1 aromatic heterocycles. The van der Waals surface area contributed by atoms with E-state index in [0.29, 0.717) is 11.9 Å². The van der Waals surface area contributed by atoms with Gasteiger partial charge in [0.1, 0.15) is 5.52 Å². The zero-order valence-corrected chi connectivity index (χ0v) is 18.2. The third kappa shape index (κ3) is 3.41. The van der Waals surface area contributed by atoms with Crippen LogP contribution in [-0.4, -0.2) is 57.8 Å². The Bertz CT molecular complexity index is 1250. The zero-order valence-electron chi connectivity index (χ0n) is 18.2. The topological polar surface area (TPSA) is 52.8 Å². The van der Waals surface area contributed by atoms with E-state index in [0.717, 1.165) is 53.3 Å². The van der Waals surface area contributed by atoms with Crippen LogP contribution >= 0.6 is 0 Å². The third-order valence-electron chi connectivity index (χ3n) is 6.80. The average Bonchev–Trinajstić information content (AvgIpc) is 3.41. The zero-order chi connectivity index (χ0) is 21.7. The number of aromatic nitrogens is 1. The molecule has 1 aromatic carbocycles. The highest BCUT2D eigenvalue weighted by Gasteiger charge is 2.32. The fourth-order valence-corrected chi connectivity index (χ4v) is 5.14. The number of carbonyl (C=O) groups is 1. The quantitative estimate of drug-likeness (QED) is 0.727. The van der Waals surface area contributed by atoms with Gasteiger partial charge < -0.3 is 9.32 Å². The lowest BCUT2D eigenvalue weighted by molar-refractivity contribution is -0.122. The van der Waals surface area contributed by atoms with Gasteiger partial charge in [-0.25, -0.2) is 4.98 Å². The summed E-state index contributed by atoms with van der Waals surface area (Å²) in [6.45, 7) is 6.21. The van der Waals surface area contributed by atoms with E-state index in [1.54, 1.807) is 11.0 Å². The second-order valence-electron chi connectivity index (χ2n) is 8.84. The van der Waals surface area contributed by atoms with E-state index in [9.17, 15) is 4.79 Å². The van der Waals surface area contributed by atoms with E-state index in [1.165, 1.54) is 19.4 Å². The Morgan fingerprint density at radius 2 is 2.00 bits per heavy atom. The predicted molar refractivity (Wildman–Crippen MR) is 124 cm³/mol. The minimum absolute atomic E-state index is 0.0502. The molecular formula is C26H26N4O2. The van der Waals surface area contributed by atoms with Gasteiger partial charge in [0.2, 0.25) is 0 Å². The lowest BCUT2D eigenvalue weighted by atomic mass is 10.0. The second kappa shape index (κ2) is 7.64. The summed E-state index contributed by atoms with van der Waals surface area (Å²) in [5.74, 6) is 0.588. The minimum Gasteiger partial charge on any atom is -0.441 e. The first-order chi connectivity index (χ1) is 15.6. The number of hydrogen-bond donors (Lipinski definition) is 0. The second-order valence-corrected chi connectivity index (χ2v) is 8.84. The van der Waals surface area contributed by atoms with Gasteiger partial charge in [-0.2, -0.15) is 0 Å². The third-order valence-corrected chi connectivity index (χ3v) is 6.80. The highest BCUT2D eigenvalue weighted by molar-refractivity contribution is 6.00. The van der Waals surface area contributed by atoms with Crippen LogP contribution in [0.4, 0.5) is 0 Å². The molecule has 1 amide bonds. The number of nitrogens with zero attached hydrogens (tertiary/aromatic N) is 4. The number of piperazine rings is 1. The molecule has 0 radical (unpaired) electrons. The molecule has 0 spiro atoms. The Morgan fingerprint density at radius 1 is 1.09 bits per heavy atom. The van der Waals surface area contributed by atoms with Gasteiger partial charge in [-0.05, 0) is 60.9 Å². The summed E-state index contributed by atoms with van der Waals surface area (Å²) in [5.41, 5.74) is 5.33. The number of rotatable bonds is 2. The summed E-state index contributed by atoms with van der Waals surface area (Å²) in [6.07, 6.45) is 16.4. The summed E-state index contributed by atoms with van der Waals surface area (Å²) in [5, 5.41) is 0. The molecular weight excluding hydrogens is 400 g/mol. The van der Waals surface area contributed by atoms with Crippen molar-refractivity contribution in [1.82, 2.24) is 19.7 Å². The highest BCUT2D eigenvalue weighted by Crippen LogP contribution is 2.29. The van der Waals surface area contributed by atoms with Crippen molar-refractivity contribution < 1.29 is 9.21 Å². The predicted octanol–water partition coefficient (Wildman–Crippen LogP) is 3.99. The van der Waals surface area contributed by atoms with Crippen LogP contribution in [0.1, 0.15) is 24.3 Å². The molecule has 4 aliphatic heterocycles. The molecule has 0 bridgehead atoms. The van der Waals surface area contributed by atoms with Crippen LogP contribution in [0.25, 0.3) is 16.7 Å². The van der Waals surface area contributed by atoms with Crippen LogP contribution in [-0.2, 0) is 4.79 Å². The Balaban J connectivity index is 1.29. The Kier molecular flexibility index (Phi) is 4.61. The van der Waals surface area contributed by atoms with Gasteiger partial charge in [0, 0.05) is 50.6 Å². The van der Waals surface area contributed by atoms with Crippen molar-refractivity contribution in [3.8, 4) is 0 Å². The van der Waals surface area contributed by atoms with E-state index >= 15 is 0 Å². The molecule has 4 aliphatic rings. The molecule has 0 aliphatic carbocycles. The molecule has 162 valence electrons. The SMILES string of the molecule is Cc1nc2ccc(C3=C\C(=O)N4C=C(N5CCN6CCC[C@H]6C5)C=C\C4=C/C=C/3)cc2o1. The van der Waals surface area contributed by atoms with Crippen molar-refractivity contribution in [3.05, 3.63) is 83.7 Å². The van der Waals surface area contributed by atoms with E-state index < -0.39 is 0 Å². The largest absolute Gasteiger partial charge is 0.441 e. The molecule has 0 N–H and O–H groups in total. The molecule has 0 saturated carbocycles. The van der Waals surface area contributed by atoms with E-state index in [-0.39, 0.29) is 5.91 Å². The lowest BCUT2D eigenvalue weighted by Crippen LogP contribution is -2.49. The van der Waals surface area contributed by atoms with Crippen LogP contribution in [0.15, 0.2) is 76.7 Å². The molecule has 1 atom stereocenters. The average molecular weight is 427 g/mol. The number of carbonyl (C=O) groups excluding carboxylic acids is 1. The number of oxazole rings is 1. The normalized spacial score (nSPS) is 27.7. The summed E-state index contributed by atoms with van der Waals surface area (Å²) in [6, 6.07) is 6.51. The van der Waals surface area contributed by atoms with Gasteiger partial charge in [-0.15, -0.1) is 0 Å². The van der Waals surface area contributed by atoms with Crippen molar-refractivity contribution >= 4 is 22.6 Å². The smallest absolute Gasteiger partial charge is 0.255 e. The van der Waals surface area contributed by atoms with Crippen LogP contribution in [0.2, 0.25) is 0 Å². The maximum Gasteiger partial charge on any atom is 0.255 e. The maximum absolute atomic E-state index is 13.3. The summed E-state index contributed by atoms with van der Waals surface area (Å²) in [7, 11) is 0. The number of fused-ring (bicyclic) bond motifs is 3. The van der Waals surface area contributed by atoms with E-state index in [4.69, 9.17) is 4.42 Å². The first-order valence-electron chi connectivity index (χ1n) is 11.3. The fourth-order valence-electron chi connectivity index (χ4n) is 5.14. The molecule has 0 unspecified atom stereocenters.